The molecular formula is C12H15N3. The van der Waals surface area contributed by atoms with Crippen molar-refractivity contribution in [3.8, 4) is 6.07 Å². The Morgan fingerprint density at radius 2 is 2.07 bits per heavy atom. The van der Waals surface area contributed by atoms with Crippen molar-refractivity contribution in [2.45, 2.75) is 13.8 Å². The Morgan fingerprint density at radius 1 is 1.40 bits per heavy atom. The number of hydrogen-bond donors (Lipinski definition) is 0. The third kappa shape index (κ3) is 1.94. The van der Waals surface area contributed by atoms with Gasteiger partial charge < -0.3 is 4.90 Å². The lowest BCUT2D eigenvalue weighted by Gasteiger charge is -2.16. The van der Waals surface area contributed by atoms with Gasteiger partial charge in [0.2, 0.25) is 0 Å². The highest BCUT2D eigenvalue weighted by atomic mass is 15.2. The molecule has 15 heavy (non-hydrogen) atoms. The lowest BCUT2D eigenvalue weighted by atomic mass is 10.0. The summed E-state index contributed by atoms with van der Waals surface area (Å²) in [5.74, 6) is 2.35. The standard InChI is InChI=1S/C12H15N3/c1-9-7-15(8-10(9)2)12-5-11(6-13)3-4-14-12/h3-5,9-10H,7-8H2,1-2H3. The molecule has 2 heterocycles. The van der Waals surface area contributed by atoms with Crippen LogP contribution >= 0.6 is 0 Å². The topological polar surface area (TPSA) is 39.9 Å². The van der Waals surface area contributed by atoms with Gasteiger partial charge in [0.15, 0.2) is 0 Å². The Balaban J connectivity index is 2.21. The van der Waals surface area contributed by atoms with Gasteiger partial charge in [-0.15, -0.1) is 0 Å². The van der Waals surface area contributed by atoms with Gasteiger partial charge in [0, 0.05) is 19.3 Å². The van der Waals surface area contributed by atoms with Crippen LogP contribution in [0.3, 0.4) is 0 Å². The van der Waals surface area contributed by atoms with Gasteiger partial charge in [0.25, 0.3) is 0 Å². The van der Waals surface area contributed by atoms with Crippen molar-refractivity contribution < 1.29 is 0 Å². The van der Waals surface area contributed by atoms with Crippen LogP contribution in [0.1, 0.15) is 19.4 Å². The highest BCUT2D eigenvalue weighted by molar-refractivity contribution is 5.45. The van der Waals surface area contributed by atoms with Gasteiger partial charge in [-0.3, -0.25) is 0 Å². The van der Waals surface area contributed by atoms with Gasteiger partial charge >= 0.3 is 0 Å². The van der Waals surface area contributed by atoms with E-state index in [4.69, 9.17) is 5.26 Å². The van der Waals surface area contributed by atoms with Crippen LogP contribution in [0.2, 0.25) is 0 Å². The Hall–Kier alpha value is -1.56. The molecule has 1 aliphatic heterocycles. The zero-order valence-corrected chi connectivity index (χ0v) is 9.14. The van der Waals surface area contributed by atoms with Gasteiger partial charge in [-0.2, -0.15) is 5.26 Å². The fraction of sp³-hybridized carbons (Fsp3) is 0.500. The molecule has 0 N–H and O–H groups in total. The second kappa shape index (κ2) is 3.90. The SMILES string of the molecule is CC1CN(c2cc(C#N)ccn2)CC1C. The van der Waals surface area contributed by atoms with E-state index in [-0.39, 0.29) is 0 Å². The summed E-state index contributed by atoms with van der Waals surface area (Å²) in [6.07, 6.45) is 1.71. The van der Waals surface area contributed by atoms with Crippen molar-refractivity contribution in [3.63, 3.8) is 0 Å². The van der Waals surface area contributed by atoms with Crippen molar-refractivity contribution in [2.75, 3.05) is 18.0 Å². The minimum atomic E-state index is 0.687. The Bertz CT molecular complexity index is 384. The van der Waals surface area contributed by atoms with Crippen LogP contribution in [0.4, 0.5) is 5.82 Å². The molecule has 1 saturated heterocycles. The van der Waals surface area contributed by atoms with E-state index in [0.29, 0.717) is 17.4 Å². The molecule has 0 radical (unpaired) electrons. The summed E-state index contributed by atoms with van der Waals surface area (Å²) in [5.41, 5.74) is 0.687. The summed E-state index contributed by atoms with van der Waals surface area (Å²) in [5, 5.41) is 8.81. The summed E-state index contributed by atoms with van der Waals surface area (Å²) in [4.78, 5) is 6.57. The van der Waals surface area contributed by atoms with E-state index >= 15 is 0 Å². The zero-order valence-electron chi connectivity index (χ0n) is 9.14. The molecule has 1 aromatic rings. The maximum atomic E-state index is 8.81. The monoisotopic (exact) mass is 201 g/mol. The first-order valence-electron chi connectivity index (χ1n) is 5.32. The Morgan fingerprint density at radius 3 is 2.67 bits per heavy atom. The van der Waals surface area contributed by atoms with Crippen LogP contribution < -0.4 is 4.90 Å². The number of nitrogens with zero attached hydrogens (tertiary/aromatic N) is 3. The van der Waals surface area contributed by atoms with E-state index in [1.54, 1.807) is 12.3 Å². The average Bonchev–Trinajstić information content (AvgIpc) is 2.59. The van der Waals surface area contributed by atoms with Crippen molar-refractivity contribution >= 4 is 5.82 Å². The van der Waals surface area contributed by atoms with E-state index in [0.717, 1.165) is 18.9 Å². The van der Waals surface area contributed by atoms with Gasteiger partial charge in [0.1, 0.15) is 5.82 Å². The zero-order chi connectivity index (χ0) is 10.8. The summed E-state index contributed by atoms with van der Waals surface area (Å²) in [6, 6.07) is 5.75. The molecule has 0 spiro atoms. The summed E-state index contributed by atoms with van der Waals surface area (Å²) in [6.45, 7) is 6.61. The minimum absolute atomic E-state index is 0.687. The average molecular weight is 201 g/mol. The molecule has 3 nitrogen and oxygen atoms in total. The van der Waals surface area contributed by atoms with Gasteiger partial charge in [-0.1, -0.05) is 13.8 Å². The molecule has 78 valence electrons. The first-order chi connectivity index (χ1) is 7.20. The van der Waals surface area contributed by atoms with E-state index < -0.39 is 0 Å². The number of nitriles is 1. The van der Waals surface area contributed by atoms with Gasteiger partial charge in [-0.05, 0) is 24.0 Å². The van der Waals surface area contributed by atoms with Gasteiger partial charge in [-0.25, -0.2) is 4.98 Å². The first kappa shape index (κ1) is 9.97. The molecule has 1 aliphatic rings. The minimum Gasteiger partial charge on any atom is -0.356 e. The van der Waals surface area contributed by atoms with E-state index in [1.807, 2.05) is 6.07 Å². The molecule has 0 saturated carbocycles. The highest BCUT2D eigenvalue weighted by Crippen LogP contribution is 2.26. The van der Waals surface area contributed by atoms with E-state index in [2.05, 4.69) is 29.8 Å². The van der Waals surface area contributed by atoms with Crippen LogP contribution in [0.15, 0.2) is 18.3 Å². The maximum Gasteiger partial charge on any atom is 0.129 e. The summed E-state index contributed by atoms with van der Waals surface area (Å²) < 4.78 is 0. The number of aromatic nitrogens is 1. The molecule has 0 aromatic carbocycles. The number of pyridine rings is 1. The third-order valence-electron chi connectivity index (χ3n) is 3.19. The number of hydrogen-bond acceptors (Lipinski definition) is 3. The van der Waals surface area contributed by atoms with Crippen molar-refractivity contribution in [3.05, 3.63) is 23.9 Å². The van der Waals surface area contributed by atoms with Crippen LogP contribution in [-0.4, -0.2) is 18.1 Å². The summed E-state index contributed by atoms with van der Waals surface area (Å²) in [7, 11) is 0. The molecular weight excluding hydrogens is 186 g/mol. The molecule has 2 unspecified atom stereocenters. The highest BCUT2D eigenvalue weighted by Gasteiger charge is 2.26. The third-order valence-corrected chi connectivity index (χ3v) is 3.19. The second-order valence-corrected chi connectivity index (χ2v) is 4.37. The fourth-order valence-corrected chi connectivity index (χ4v) is 1.98. The number of rotatable bonds is 1. The lowest BCUT2D eigenvalue weighted by molar-refractivity contribution is 0.494. The predicted molar refractivity (Wildman–Crippen MR) is 59.5 cm³/mol. The van der Waals surface area contributed by atoms with E-state index in [1.165, 1.54) is 0 Å². The van der Waals surface area contributed by atoms with Gasteiger partial charge in [0.05, 0.1) is 11.6 Å². The van der Waals surface area contributed by atoms with Crippen molar-refractivity contribution in [1.29, 1.82) is 5.26 Å². The maximum absolute atomic E-state index is 8.81. The van der Waals surface area contributed by atoms with Crippen LogP contribution in [0.25, 0.3) is 0 Å². The smallest absolute Gasteiger partial charge is 0.129 e. The van der Waals surface area contributed by atoms with E-state index in [9.17, 15) is 0 Å². The molecule has 1 fully saturated rings. The molecule has 0 aliphatic carbocycles. The quantitative estimate of drug-likeness (QED) is 0.698. The molecule has 0 amide bonds. The molecule has 2 rings (SSSR count). The Labute approximate surface area is 90.4 Å². The predicted octanol–water partition coefficient (Wildman–Crippen LogP) is 2.05. The lowest BCUT2D eigenvalue weighted by Crippen LogP contribution is -2.20. The van der Waals surface area contributed by atoms with Crippen molar-refractivity contribution in [2.24, 2.45) is 11.8 Å². The largest absolute Gasteiger partial charge is 0.356 e. The normalized spacial score (nSPS) is 25.3. The molecule has 3 heteroatoms. The first-order valence-corrected chi connectivity index (χ1v) is 5.32. The number of anilines is 1. The fourth-order valence-electron chi connectivity index (χ4n) is 1.98. The van der Waals surface area contributed by atoms with Crippen molar-refractivity contribution in [1.82, 2.24) is 4.98 Å². The van der Waals surface area contributed by atoms with Crippen LogP contribution in [0.5, 0.6) is 0 Å². The molecule has 0 bridgehead atoms. The second-order valence-electron chi connectivity index (χ2n) is 4.37. The van der Waals surface area contributed by atoms with Crippen LogP contribution in [-0.2, 0) is 0 Å². The molecule has 2 atom stereocenters. The van der Waals surface area contributed by atoms with Crippen LogP contribution in [0, 0.1) is 23.2 Å². The summed E-state index contributed by atoms with van der Waals surface area (Å²) >= 11 is 0. The molecule has 1 aromatic heterocycles. The Kier molecular flexibility index (Phi) is 2.59.